The quantitative estimate of drug-likeness (QED) is 0.131. The van der Waals surface area contributed by atoms with Crippen LogP contribution in [0, 0.1) is 5.92 Å². The average Bonchev–Trinajstić information content (AvgIpc) is 3.29. The van der Waals surface area contributed by atoms with Crippen molar-refractivity contribution in [2.45, 2.75) is 59.0 Å². The molecule has 1 unspecified atom stereocenters. The minimum Gasteiger partial charge on any atom is -0.460 e. The van der Waals surface area contributed by atoms with E-state index < -0.39 is 5.60 Å². The number of amides is 1. The number of hydrogen-bond donors (Lipinski definition) is 1. The van der Waals surface area contributed by atoms with Crippen LogP contribution in [0.3, 0.4) is 0 Å². The molecule has 3 aromatic carbocycles. The molecule has 1 atom stereocenters. The van der Waals surface area contributed by atoms with Gasteiger partial charge in [-0.2, -0.15) is 0 Å². The lowest BCUT2D eigenvalue weighted by Gasteiger charge is -2.19. The molecule has 4 aromatic rings. The molecular formula is C34H35Cl3N2O4. The highest BCUT2D eigenvalue weighted by molar-refractivity contribution is 6.35. The van der Waals surface area contributed by atoms with E-state index in [4.69, 9.17) is 39.5 Å². The Bertz CT molecular complexity index is 1620. The van der Waals surface area contributed by atoms with Crippen molar-refractivity contribution in [3.8, 4) is 5.69 Å². The molecule has 0 radical (unpaired) electrons. The van der Waals surface area contributed by atoms with E-state index >= 15 is 0 Å². The molecular weight excluding hydrogens is 607 g/mol. The Balaban J connectivity index is 1.53. The number of carbonyl (C=O) groups excluding carboxylic acids is 3. The molecule has 0 aliphatic rings. The first-order chi connectivity index (χ1) is 20.3. The Morgan fingerprint density at radius 2 is 1.56 bits per heavy atom. The number of aromatic nitrogens is 1. The summed E-state index contributed by atoms with van der Waals surface area (Å²) in [5.74, 6) is -0.948. The fourth-order valence-corrected chi connectivity index (χ4v) is 5.74. The van der Waals surface area contributed by atoms with Gasteiger partial charge in [-0.25, -0.2) is 0 Å². The van der Waals surface area contributed by atoms with Gasteiger partial charge in [-0.3, -0.25) is 14.4 Å². The van der Waals surface area contributed by atoms with Gasteiger partial charge in [-0.1, -0.05) is 60.3 Å². The van der Waals surface area contributed by atoms with Gasteiger partial charge in [0, 0.05) is 44.2 Å². The van der Waals surface area contributed by atoms with Gasteiger partial charge in [0.15, 0.2) is 5.78 Å². The zero-order valence-electron chi connectivity index (χ0n) is 24.7. The van der Waals surface area contributed by atoms with Crippen molar-refractivity contribution in [1.29, 1.82) is 0 Å². The van der Waals surface area contributed by atoms with E-state index in [0.29, 0.717) is 44.9 Å². The number of benzene rings is 3. The monoisotopic (exact) mass is 640 g/mol. The third-order valence-corrected chi connectivity index (χ3v) is 7.53. The summed E-state index contributed by atoms with van der Waals surface area (Å²) in [6.45, 7) is 7.63. The Morgan fingerprint density at radius 3 is 2.19 bits per heavy atom. The van der Waals surface area contributed by atoms with Crippen LogP contribution in [0.2, 0.25) is 15.1 Å². The lowest BCUT2D eigenvalue weighted by atomic mass is 9.89. The summed E-state index contributed by atoms with van der Waals surface area (Å²) in [5, 5.41) is 5.11. The maximum Gasteiger partial charge on any atom is 0.308 e. The fraction of sp³-hybridized carbons (Fsp3) is 0.324. The van der Waals surface area contributed by atoms with Crippen LogP contribution in [0.1, 0.15) is 73.4 Å². The first kappa shape index (κ1) is 32.6. The van der Waals surface area contributed by atoms with Crippen molar-refractivity contribution in [2.75, 3.05) is 6.54 Å². The van der Waals surface area contributed by atoms with Crippen molar-refractivity contribution in [1.82, 2.24) is 9.88 Å². The number of nitrogens with one attached hydrogen (secondary N) is 1. The number of rotatable bonds is 11. The second-order valence-electron chi connectivity index (χ2n) is 11.5. The largest absolute Gasteiger partial charge is 0.460 e. The van der Waals surface area contributed by atoms with E-state index in [1.165, 1.54) is 0 Å². The minimum absolute atomic E-state index is 0.00534. The molecule has 4 rings (SSSR count). The van der Waals surface area contributed by atoms with Crippen LogP contribution < -0.4 is 5.32 Å². The third kappa shape index (κ3) is 8.62. The van der Waals surface area contributed by atoms with E-state index in [-0.39, 0.29) is 36.5 Å². The molecule has 0 aliphatic heterocycles. The highest BCUT2D eigenvalue weighted by Crippen LogP contribution is 2.32. The van der Waals surface area contributed by atoms with Gasteiger partial charge in [0.05, 0.1) is 17.6 Å². The molecule has 0 fully saturated rings. The molecule has 1 N–H and O–H groups in total. The van der Waals surface area contributed by atoms with Gasteiger partial charge in [0.25, 0.3) is 5.91 Å². The fourth-order valence-electron chi connectivity index (χ4n) is 5.05. The summed E-state index contributed by atoms with van der Waals surface area (Å²) >= 11 is 19.0. The topological polar surface area (TPSA) is 77.4 Å². The van der Waals surface area contributed by atoms with Crippen molar-refractivity contribution in [3.05, 3.63) is 98.6 Å². The lowest BCUT2D eigenvalue weighted by Crippen LogP contribution is -2.29. The zero-order valence-corrected chi connectivity index (χ0v) is 26.9. The standard InChI is InChI=1S/C34H35Cl3N2O4/c1-5-6-23(15-21-7-9-22(10-8-21)33(42)38-14-13-31(40)43-34(2,3)4)32(41)30-17-24-16-25(35)11-12-29(24)39(30)28-19-26(36)18-27(37)20-28/h7-12,16-20,23H,5-6,13-15H2,1-4H3,(H,38,42). The van der Waals surface area contributed by atoms with Crippen molar-refractivity contribution in [3.63, 3.8) is 0 Å². The number of hydrogen-bond acceptors (Lipinski definition) is 4. The molecule has 226 valence electrons. The minimum atomic E-state index is -0.568. The Hall–Kier alpha value is -3.32. The normalized spacial score (nSPS) is 12.3. The van der Waals surface area contributed by atoms with Crippen molar-refractivity contribution < 1.29 is 19.1 Å². The number of Topliss-reactive ketones (excluding diaryl/α,β-unsaturated/α-hetero) is 1. The van der Waals surface area contributed by atoms with E-state index in [0.717, 1.165) is 22.9 Å². The van der Waals surface area contributed by atoms with E-state index in [1.807, 2.05) is 34.9 Å². The summed E-state index contributed by atoms with van der Waals surface area (Å²) in [4.78, 5) is 38.7. The smallest absolute Gasteiger partial charge is 0.308 e. The molecule has 0 saturated carbocycles. The number of ether oxygens (including phenoxy) is 1. The third-order valence-electron chi connectivity index (χ3n) is 6.86. The van der Waals surface area contributed by atoms with Crippen LogP contribution in [0.15, 0.2) is 66.7 Å². The van der Waals surface area contributed by atoms with Gasteiger partial charge in [0.1, 0.15) is 5.60 Å². The summed E-state index contributed by atoms with van der Waals surface area (Å²) in [6.07, 6.45) is 2.10. The van der Waals surface area contributed by atoms with Crippen LogP contribution in [-0.4, -0.2) is 34.4 Å². The van der Waals surface area contributed by atoms with Gasteiger partial charge in [0.2, 0.25) is 0 Å². The maximum atomic E-state index is 14.2. The number of esters is 1. The molecule has 0 saturated heterocycles. The van der Waals surface area contributed by atoms with Crippen LogP contribution in [0.4, 0.5) is 0 Å². The molecule has 0 spiro atoms. The van der Waals surface area contributed by atoms with E-state index in [2.05, 4.69) is 12.2 Å². The van der Waals surface area contributed by atoms with Crippen molar-refractivity contribution in [2.24, 2.45) is 5.92 Å². The molecule has 0 aliphatic carbocycles. The van der Waals surface area contributed by atoms with Gasteiger partial charge in [-0.15, -0.1) is 0 Å². The summed E-state index contributed by atoms with van der Waals surface area (Å²) in [5.41, 5.74) is 2.88. The molecule has 1 heterocycles. The molecule has 9 heteroatoms. The lowest BCUT2D eigenvalue weighted by molar-refractivity contribution is -0.154. The highest BCUT2D eigenvalue weighted by Gasteiger charge is 2.25. The first-order valence-electron chi connectivity index (χ1n) is 14.3. The number of fused-ring (bicyclic) bond motifs is 1. The summed E-state index contributed by atoms with van der Waals surface area (Å²) in [6, 6.07) is 19.8. The molecule has 0 bridgehead atoms. The van der Waals surface area contributed by atoms with Gasteiger partial charge >= 0.3 is 5.97 Å². The molecule has 6 nitrogen and oxygen atoms in total. The Kier molecular flexibility index (Phi) is 10.6. The second-order valence-corrected chi connectivity index (χ2v) is 12.8. The van der Waals surface area contributed by atoms with E-state index in [1.54, 1.807) is 57.2 Å². The maximum absolute atomic E-state index is 14.2. The van der Waals surface area contributed by atoms with Crippen LogP contribution in [0.25, 0.3) is 16.6 Å². The predicted octanol–water partition coefficient (Wildman–Crippen LogP) is 8.89. The highest BCUT2D eigenvalue weighted by atomic mass is 35.5. The summed E-state index contributed by atoms with van der Waals surface area (Å²) in [7, 11) is 0. The molecule has 1 amide bonds. The summed E-state index contributed by atoms with van der Waals surface area (Å²) < 4.78 is 7.17. The van der Waals surface area contributed by atoms with Crippen LogP contribution in [-0.2, 0) is 16.0 Å². The van der Waals surface area contributed by atoms with Gasteiger partial charge in [-0.05, 0) is 93.8 Å². The predicted molar refractivity (Wildman–Crippen MR) is 174 cm³/mol. The Morgan fingerprint density at radius 1 is 0.884 bits per heavy atom. The van der Waals surface area contributed by atoms with Gasteiger partial charge < -0.3 is 14.6 Å². The average molecular weight is 642 g/mol. The van der Waals surface area contributed by atoms with Crippen molar-refractivity contribution >= 4 is 63.4 Å². The number of ketones is 1. The first-order valence-corrected chi connectivity index (χ1v) is 15.4. The van der Waals surface area contributed by atoms with E-state index in [9.17, 15) is 14.4 Å². The van der Waals surface area contributed by atoms with Crippen LogP contribution in [0.5, 0.6) is 0 Å². The molecule has 1 aromatic heterocycles. The zero-order chi connectivity index (χ0) is 31.3. The number of carbonyl (C=O) groups is 3. The Labute approximate surface area is 267 Å². The molecule has 43 heavy (non-hydrogen) atoms. The number of nitrogens with zero attached hydrogens (tertiary/aromatic N) is 1. The van der Waals surface area contributed by atoms with Crippen LogP contribution >= 0.6 is 34.8 Å². The second kappa shape index (κ2) is 14.0. The SMILES string of the molecule is CCCC(Cc1ccc(C(=O)NCCC(=O)OC(C)(C)C)cc1)C(=O)c1cc2cc(Cl)ccc2n1-c1cc(Cl)cc(Cl)c1. The number of halogens is 3.